The van der Waals surface area contributed by atoms with Gasteiger partial charge in [-0.3, -0.25) is 9.10 Å². The van der Waals surface area contributed by atoms with Gasteiger partial charge in [-0.15, -0.1) is 11.8 Å². The minimum absolute atomic E-state index is 0.155. The van der Waals surface area contributed by atoms with Crippen LogP contribution in [0.2, 0.25) is 0 Å². The van der Waals surface area contributed by atoms with Crippen molar-refractivity contribution in [1.82, 2.24) is 4.90 Å². The standard InChI is InChI=1S/C20H24N2O3S2/c1-16-5-7-17(8-6-16)22(15-20(23)21-13-3-4-14-21)27(24,25)19-11-9-18(26-2)10-12-19/h5-12H,3-4,13-15H2,1-2H3. The molecule has 1 fully saturated rings. The van der Waals surface area contributed by atoms with Crippen LogP contribution in [-0.4, -0.2) is 45.1 Å². The summed E-state index contributed by atoms with van der Waals surface area (Å²) in [7, 11) is -3.84. The summed E-state index contributed by atoms with van der Waals surface area (Å²) in [4.78, 5) is 15.6. The minimum atomic E-state index is -3.84. The third kappa shape index (κ3) is 4.47. The van der Waals surface area contributed by atoms with Gasteiger partial charge in [-0.2, -0.15) is 0 Å². The van der Waals surface area contributed by atoms with Crippen LogP contribution in [0.3, 0.4) is 0 Å². The molecular weight excluding hydrogens is 380 g/mol. The van der Waals surface area contributed by atoms with Crippen LogP contribution in [0, 0.1) is 6.92 Å². The number of carbonyl (C=O) groups excluding carboxylic acids is 1. The van der Waals surface area contributed by atoms with Crippen LogP contribution in [0.5, 0.6) is 0 Å². The van der Waals surface area contributed by atoms with Crippen molar-refractivity contribution in [3.63, 3.8) is 0 Å². The third-order valence-electron chi connectivity index (χ3n) is 4.71. The summed E-state index contributed by atoms with van der Waals surface area (Å²) in [6, 6.07) is 14.0. The fraction of sp³-hybridized carbons (Fsp3) is 0.350. The van der Waals surface area contributed by atoms with Gasteiger partial charge in [-0.1, -0.05) is 17.7 Å². The van der Waals surface area contributed by atoms with Crippen LogP contribution in [0.4, 0.5) is 5.69 Å². The number of rotatable bonds is 6. The lowest BCUT2D eigenvalue weighted by Gasteiger charge is -2.26. The van der Waals surface area contributed by atoms with Gasteiger partial charge in [0.2, 0.25) is 5.91 Å². The summed E-state index contributed by atoms with van der Waals surface area (Å²) in [5, 5.41) is 0. The molecule has 0 bridgehead atoms. The smallest absolute Gasteiger partial charge is 0.264 e. The molecule has 0 spiro atoms. The normalized spacial score (nSPS) is 14.4. The first kappa shape index (κ1) is 19.8. The lowest BCUT2D eigenvalue weighted by atomic mass is 10.2. The maximum atomic E-state index is 13.3. The van der Waals surface area contributed by atoms with E-state index in [1.807, 2.05) is 25.3 Å². The molecule has 0 unspecified atom stereocenters. The average Bonchev–Trinajstić information content (AvgIpc) is 3.21. The second-order valence-electron chi connectivity index (χ2n) is 6.61. The van der Waals surface area contributed by atoms with Gasteiger partial charge < -0.3 is 4.90 Å². The molecule has 0 aromatic heterocycles. The number of carbonyl (C=O) groups is 1. The Hall–Kier alpha value is -1.99. The van der Waals surface area contributed by atoms with Crippen molar-refractivity contribution < 1.29 is 13.2 Å². The van der Waals surface area contributed by atoms with E-state index in [2.05, 4.69) is 0 Å². The Labute approximate surface area is 165 Å². The third-order valence-corrected chi connectivity index (χ3v) is 7.24. The molecule has 0 atom stereocenters. The highest BCUT2D eigenvalue weighted by Crippen LogP contribution is 2.26. The van der Waals surface area contributed by atoms with Crippen LogP contribution >= 0.6 is 11.8 Å². The highest BCUT2D eigenvalue weighted by atomic mass is 32.2. The summed E-state index contributed by atoms with van der Waals surface area (Å²) in [5.41, 5.74) is 1.54. The number of aryl methyl sites for hydroxylation is 1. The summed E-state index contributed by atoms with van der Waals surface area (Å²) < 4.78 is 27.9. The zero-order valence-corrected chi connectivity index (χ0v) is 17.2. The number of anilines is 1. The first-order valence-corrected chi connectivity index (χ1v) is 11.6. The summed E-state index contributed by atoms with van der Waals surface area (Å²) in [6.45, 7) is 3.15. The van der Waals surface area contributed by atoms with Gasteiger partial charge in [-0.25, -0.2) is 8.42 Å². The van der Waals surface area contributed by atoms with Crippen molar-refractivity contribution in [2.24, 2.45) is 0 Å². The number of amides is 1. The van der Waals surface area contributed by atoms with Crippen LogP contribution in [0.1, 0.15) is 18.4 Å². The molecule has 0 saturated carbocycles. The van der Waals surface area contributed by atoms with E-state index in [9.17, 15) is 13.2 Å². The number of sulfonamides is 1. The maximum Gasteiger partial charge on any atom is 0.264 e. The molecule has 2 aromatic carbocycles. The van der Waals surface area contributed by atoms with E-state index >= 15 is 0 Å². The van der Waals surface area contributed by atoms with E-state index in [4.69, 9.17) is 0 Å². The van der Waals surface area contributed by atoms with Crippen LogP contribution in [0.25, 0.3) is 0 Å². The largest absolute Gasteiger partial charge is 0.341 e. The Morgan fingerprint density at radius 3 is 2.19 bits per heavy atom. The number of hydrogen-bond acceptors (Lipinski definition) is 4. The Kier molecular flexibility index (Phi) is 6.11. The Balaban J connectivity index is 1.96. The van der Waals surface area contributed by atoms with Crippen molar-refractivity contribution in [3.05, 3.63) is 54.1 Å². The van der Waals surface area contributed by atoms with Crippen LogP contribution < -0.4 is 4.31 Å². The van der Waals surface area contributed by atoms with Crippen molar-refractivity contribution >= 4 is 33.4 Å². The Morgan fingerprint density at radius 1 is 1.04 bits per heavy atom. The number of thioether (sulfide) groups is 1. The van der Waals surface area contributed by atoms with E-state index in [1.165, 1.54) is 4.31 Å². The van der Waals surface area contributed by atoms with E-state index in [0.29, 0.717) is 18.8 Å². The SMILES string of the molecule is CSc1ccc(S(=O)(=O)N(CC(=O)N2CCCC2)c2ccc(C)cc2)cc1. The number of benzene rings is 2. The topological polar surface area (TPSA) is 57.7 Å². The lowest BCUT2D eigenvalue weighted by Crippen LogP contribution is -2.42. The molecule has 1 amide bonds. The molecular formula is C20H24N2O3S2. The van der Waals surface area contributed by atoms with E-state index in [0.717, 1.165) is 23.3 Å². The predicted octanol–water partition coefficient (Wildman–Crippen LogP) is 3.53. The van der Waals surface area contributed by atoms with Crippen molar-refractivity contribution in [2.45, 2.75) is 29.6 Å². The van der Waals surface area contributed by atoms with Gasteiger partial charge in [0.1, 0.15) is 6.54 Å². The molecule has 0 aliphatic carbocycles. The minimum Gasteiger partial charge on any atom is -0.341 e. The molecule has 144 valence electrons. The first-order chi connectivity index (χ1) is 12.9. The molecule has 1 aliphatic heterocycles. The summed E-state index contributed by atoms with van der Waals surface area (Å²) >= 11 is 1.55. The highest BCUT2D eigenvalue weighted by molar-refractivity contribution is 7.98. The van der Waals surface area contributed by atoms with Crippen LogP contribution in [0.15, 0.2) is 58.3 Å². The van der Waals surface area contributed by atoms with Crippen LogP contribution in [-0.2, 0) is 14.8 Å². The van der Waals surface area contributed by atoms with E-state index in [-0.39, 0.29) is 17.3 Å². The quantitative estimate of drug-likeness (QED) is 0.691. The zero-order valence-electron chi connectivity index (χ0n) is 15.6. The summed E-state index contributed by atoms with van der Waals surface area (Å²) in [5.74, 6) is -0.155. The van der Waals surface area contributed by atoms with Gasteiger partial charge in [0.05, 0.1) is 10.6 Å². The fourth-order valence-electron chi connectivity index (χ4n) is 3.09. The number of likely N-dealkylation sites (tertiary alicyclic amines) is 1. The second kappa shape index (κ2) is 8.35. The number of nitrogens with zero attached hydrogens (tertiary/aromatic N) is 2. The maximum absolute atomic E-state index is 13.3. The Morgan fingerprint density at radius 2 is 1.63 bits per heavy atom. The fourth-order valence-corrected chi connectivity index (χ4v) is 4.91. The van der Waals surface area contributed by atoms with Gasteiger partial charge in [0.15, 0.2) is 0 Å². The van der Waals surface area contributed by atoms with E-state index in [1.54, 1.807) is 53.1 Å². The van der Waals surface area contributed by atoms with Crippen molar-refractivity contribution in [1.29, 1.82) is 0 Å². The van der Waals surface area contributed by atoms with Gasteiger partial charge in [0.25, 0.3) is 10.0 Å². The highest BCUT2D eigenvalue weighted by Gasteiger charge is 2.29. The number of hydrogen-bond donors (Lipinski definition) is 0. The predicted molar refractivity (Wildman–Crippen MR) is 110 cm³/mol. The van der Waals surface area contributed by atoms with Gasteiger partial charge in [0, 0.05) is 18.0 Å². The van der Waals surface area contributed by atoms with Crippen molar-refractivity contribution in [3.8, 4) is 0 Å². The first-order valence-electron chi connectivity index (χ1n) is 8.93. The Bertz CT molecular complexity index is 888. The molecule has 3 rings (SSSR count). The molecule has 5 nitrogen and oxygen atoms in total. The zero-order chi connectivity index (χ0) is 19.4. The average molecular weight is 405 g/mol. The van der Waals surface area contributed by atoms with E-state index < -0.39 is 10.0 Å². The molecule has 0 radical (unpaired) electrons. The second-order valence-corrected chi connectivity index (χ2v) is 9.35. The molecule has 1 heterocycles. The molecule has 27 heavy (non-hydrogen) atoms. The molecule has 1 saturated heterocycles. The monoisotopic (exact) mass is 404 g/mol. The molecule has 0 N–H and O–H groups in total. The van der Waals surface area contributed by atoms with Gasteiger partial charge >= 0.3 is 0 Å². The molecule has 2 aromatic rings. The van der Waals surface area contributed by atoms with Gasteiger partial charge in [-0.05, 0) is 62.4 Å². The lowest BCUT2D eigenvalue weighted by molar-refractivity contribution is -0.128. The molecule has 7 heteroatoms. The van der Waals surface area contributed by atoms with Crippen molar-refractivity contribution in [2.75, 3.05) is 30.2 Å². The summed E-state index contributed by atoms with van der Waals surface area (Å²) in [6.07, 6.45) is 3.88. The molecule has 1 aliphatic rings.